The maximum absolute atomic E-state index is 13.0. The van der Waals surface area contributed by atoms with Gasteiger partial charge in [-0.05, 0) is 38.3 Å². The van der Waals surface area contributed by atoms with Crippen LogP contribution >= 0.6 is 0 Å². The fraction of sp³-hybridized carbons (Fsp3) is 0.667. The van der Waals surface area contributed by atoms with Crippen molar-refractivity contribution in [1.82, 2.24) is 20.5 Å². The molecular formula is C21H31F3N6O. The van der Waals surface area contributed by atoms with Crippen LogP contribution in [0.15, 0.2) is 23.3 Å². The van der Waals surface area contributed by atoms with Crippen LogP contribution in [0.2, 0.25) is 0 Å². The molecule has 7 nitrogen and oxygen atoms in total. The van der Waals surface area contributed by atoms with Crippen molar-refractivity contribution in [2.24, 2.45) is 10.9 Å². The minimum atomic E-state index is -4.46. The summed E-state index contributed by atoms with van der Waals surface area (Å²) < 4.78 is 39.1. The van der Waals surface area contributed by atoms with Gasteiger partial charge in [0.15, 0.2) is 5.96 Å². The normalized spacial score (nSPS) is 20.2. The van der Waals surface area contributed by atoms with Gasteiger partial charge in [-0.2, -0.15) is 13.2 Å². The topological polar surface area (TPSA) is 81.7 Å². The Morgan fingerprint density at radius 2 is 2.06 bits per heavy atom. The summed E-state index contributed by atoms with van der Waals surface area (Å²) in [5, 5.41) is 9.22. The Bertz CT molecular complexity index is 764. The monoisotopic (exact) mass is 440 g/mol. The zero-order valence-electron chi connectivity index (χ0n) is 17.8. The van der Waals surface area contributed by atoms with Crippen LogP contribution in [-0.4, -0.2) is 60.5 Å². The number of halogens is 3. The Kier molecular flexibility index (Phi) is 7.97. The zero-order valence-corrected chi connectivity index (χ0v) is 17.8. The quantitative estimate of drug-likeness (QED) is 0.345. The van der Waals surface area contributed by atoms with Crippen LogP contribution in [0.25, 0.3) is 0 Å². The van der Waals surface area contributed by atoms with Gasteiger partial charge in [0.1, 0.15) is 5.82 Å². The number of anilines is 1. The lowest BCUT2D eigenvalue weighted by Gasteiger charge is -2.21. The van der Waals surface area contributed by atoms with Gasteiger partial charge in [0, 0.05) is 44.3 Å². The second-order valence-corrected chi connectivity index (χ2v) is 7.98. The van der Waals surface area contributed by atoms with Crippen LogP contribution in [0.1, 0.15) is 44.6 Å². The van der Waals surface area contributed by atoms with Gasteiger partial charge in [-0.15, -0.1) is 0 Å². The summed E-state index contributed by atoms with van der Waals surface area (Å²) in [5.41, 5.74) is -0.790. The Balaban J connectivity index is 1.49. The molecule has 2 heterocycles. The van der Waals surface area contributed by atoms with Gasteiger partial charge in [-0.25, -0.2) is 4.98 Å². The highest BCUT2D eigenvalue weighted by atomic mass is 19.4. The second kappa shape index (κ2) is 10.7. The molecule has 172 valence electrons. The number of hydrogen-bond donors (Lipinski definition) is 3. The first kappa shape index (κ1) is 23.1. The Labute approximate surface area is 180 Å². The van der Waals surface area contributed by atoms with Crippen molar-refractivity contribution in [3.8, 4) is 0 Å². The van der Waals surface area contributed by atoms with Crippen molar-refractivity contribution in [2.45, 2.75) is 51.2 Å². The fourth-order valence-corrected chi connectivity index (χ4v) is 4.14. The van der Waals surface area contributed by atoms with E-state index < -0.39 is 11.7 Å². The van der Waals surface area contributed by atoms with Gasteiger partial charge < -0.3 is 20.9 Å². The maximum Gasteiger partial charge on any atom is 0.419 e. The fourth-order valence-electron chi connectivity index (χ4n) is 4.14. The SMILES string of the molecule is CCNC(=NCCNc1ncccc1C(F)(F)F)NC1CCN(C(=O)C2CCCC2)C1. The molecule has 2 fully saturated rings. The molecule has 0 spiro atoms. The largest absolute Gasteiger partial charge is 0.419 e. The number of likely N-dealkylation sites (tertiary alicyclic amines) is 1. The second-order valence-electron chi connectivity index (χ2n) is 7.98. The van der Waals surface area contributed by atoms with E-state index in [4.69, 9.17) is 0 Å². The summed E-state index contributed by atoms with van der Waals surface area (Å²) in [5.74, 6) is 0.852. The number of amides is 1. The molecule has 0 bridgehead atoms. The summed E-state index contributed by atoms with van der Waals surface area (Å²) in [6.07, 6.45) is 1.99. The number of guanidine groups is 1. The molecule has 3 rings (SSSR count). The van der Waals surface area contributed by atoms with Gasteiger partial charge in [-0.1, -0.05) is 12.8 Å². The van der Waals surface area contributed by atoms with Crippen LogP contribution in [0.5, 0.6) is 0 Å². The molecule has 1 atom stereocenters. The number of rotatable bonds is 7. The Hall–Kier alpha value is -2.52. The molecule has 2 aliphatic rings. The number of nitrogens with zero attached hydrogens (tertiary/aromatic N) is 3. The third-order valence-corrected chi connectivity index (χ3v) is 5.68. The van der Waals surface area contributed by atoms with E-state index in [0.29, 0.717) is 19.0 Å². The van der Waals surface area contributed by atoms with Crippen molar-refractivity contribution < 1.29 is 18.0 Å². The first-order valence-corrected chi connectivity index (χ1v) is 11.0. The highest BCUT2D eigenvalue weighted by Gasteiger charge is 2.34. The molecule has 1 saturated carbocycles. The standard InChI is InChI=1S/C21H31F3N6O/c1-2-25-20(28-12-11-27-18-17(21(22,23)24)8-5-10-26-18)29-16-9-13-30(14-16)19(31)15-6-3-4-7-15/h5,8,10,15-16H,2-4,6-7,9,11-14H2,1H3,(H,26,27)(H2,25,28,29). The van der Waals surface area contributed by atoms with Gasteiger partial charge in [0.25, 0.3) is 0 Å². The molecule has 1 aliphatic heterocycles. The van der Waals surface area contributed by atoms with E-state index in [9.17, 15) is 18.0 Å². The average Bonchev–Trinajstić information content (AvgIpc) is 3.43. The molecule has 1 aromatic rings. The number of hydrogen-bond acceptors (Lipinski definition) is 4. The number of pyridine rings is 1. The summed E-state index contributed by atoms with van der Waals surface area (Å²) in [6.45, 7) is 4.50. The number of aromatic nitrogens is 1. The molecule has 10 heteroatoms. The van der Waals surface area contributed by atoms with E-state index in [0.717, 1.165) is 44.7 Å². The van der Waals surface area contributed by atoms with E-state index in [1.165, 1.54) is 12.3 Å². The number of carbonyl (C=O) groups is 1. The summed E-state index contributed by atoms with van der Waals surface area (Å²) in [6, 6.07) is 2.38. The van der Waals surface area contributed by atoms with Crippen LogP contribution in [-0.2, 0) is 11.0 Å². The minimum absolute atomic E-state index is 0.115. The molecule has 0 aromatic carbocycles. The predicted octanol–water partition coefficient (Wildman–Crippen LogP) is 2.86. The average molecular weight is 441 g/mol. The molecule has 3 N–H and O–H groups in total. The van der Waals surface area contributed by atoms with E-state index in [1.54, 1.807) is 0 Å². The summed E-state index contributed by atoms with van der Waals surface area (Å²) >= 11 is 0. The molecular weight excluding hydrogens is 409 g/mol. The molecule has 1 aliphatic carbocycles. The van der Waals surface area contributed by atoms with Crippen molar-refractivity contribution in [3.05, 3.63) is 23.9 Å². The third kappa shape index (κ3) is 6.48. The van der Waals surface area contributed by atoms with Crippen molar-refractivity contribution in [3.63, 3.8) is 0 Å². The van der Waals surface area contributed by atoms with E-state index in [-0.39, 0.29) is 36.8 Å². The van der Waals surface area contributed by atoms with E-state index in [2.05, 4.69) is 25.9 Å². The maximum atomic E-state index is 13.0. The molecule has 1 amide bonds. The van der Waals surface area contributed by atoms with Gasteiger partial charge in [0.2, 0.25) is 5.91 Å². The van der Waals surface area contributed by atoms with Crippen LogP contribution < -0.4 is 16.0 Å². The molecule has 1 saturated heterocycles. The third-order valence-electron chi connectivity index (χ3n) is 5.68. The first-order chi connectivity index (χ1) is 14.9. The van der Waals surface area contributed by atoms with Crippen LogP contribution in [0.3, 0.4) is 0 Å². The number of aliphatic imine (C=N–C) groups is 1. The molecule has 31 heavy (non-hydrogen) atoms. The predicted molar refractivity (Wildman–Crippen MR) is 114 cm³/mol. The molecule has 0 radical (unpaired) electrons. The Morgan fingerprint density at radius 3 is 2.77 bits per heavy atom. The smallest absolute Gasteiger partial charge is 0.368 e. The van der Waals surface area contributed by atoms with Crippen LogP contribution in [0.4, 0.5) is 19.0 Å². The molecule has 1 aromatic heterocycles. The highest BCUT2D eigenvalue weighted by Crippen LogP contribution is 2.33. The minimum Gasteiger partial charge on any atom is -0.368 e. The summed E-state index contributed by atoms with van der Waals surface area (Å²) in [7, 11) is 0. The van der Waals surface area contributed by atoms with Crippen molar-refractivity contribution >= 4 is 17.7 Å². The summed E-state index contributed by atoms with van der Waals surface area (Å²) in [4.78, 5) is 22.8. The first-order valence-electron chi connectivity index (χ1n) is 11.0. The number of alkyl halides is 3. The lowest BCUT2D eigenvalue weighted by atomic mass is 10.1. The van der Waals surface area contributed by atoms with Crippen LogP contribution in [0, 0.1) is 5.92 Å². The van der Waals surface area contributed by atoms with Gasteiger partial charge in [-0.3, -0.25) is 9.79 Å². The molecule has 1 unspecified atom stereocenters. The van der Waals surface area contributed by atoms with Gasteiger partial charge in [0.05, 0.1) is 12.1 Å². The lowest BCUT2D eigenvalue weighted by molar-refractivity contribution is -0.137. The van der Waals surface area contributed by atoms with E-state index >= 15 is 0 Å². The van der Waals surface area contributed by atoms with Gasteiger partial charge >= 0.3 is 6.18 Å². The van der Waals surface area contributed by atoms with Crippen molar-refractivity contribution in [2.75, 3.05) is 38.0 Å². The van der Waals surface area contributed by atoms with E-state index in [1.807, 2.05) is 11.8 Å². The van der Waals surface area contributed by atoms with Crippen molar-refractivity contribution in [1.29, 1.82) is 0 Å². The highest BCUT2D eigenvalue weighted by molar-refractivity contribution is 5.81. The zero-order chi connectivity index (χ0) is 22.3. The number of nitrogens with one attached hydrogen (secondary N) is 3. The number of carbonyl (C=O) groups excluding carboxylic acids is 1. The lowest BCUT2D eigenvalue weighted by Crippen LogP contribution is -2.45. The Morgan fingerprint density at radius 1 is 1.29 bits per heavy atom.